The van der Waals surface area contributed by atoms with E-state index in [1.54, 1.807) is 7.05 Å². The lowest BCUT2D eigenvalue weighted by atomic mass is 10.4. The quantitative estimate of drug-likeness (QED) is 0.773. The lowest BCUT2D eigenvalue weighted by Crippen LogP contribution is -2.38. The van der Waals surface area contributed by atoms with Gasteiger partial charge < -0.3 is 9.64 Å². The number of hydrogen-bond donors (Lipinski definition) is 1. The monoisotopic (exact) mass is 252 g/mol. The molecule has 1 aliphatic heterocycles. The topological polar surface area (TPSA) is 76.5 Å². The number of nitrogens with zero attached hydrogens (tertiary/aromatic N) is 3. The molecule has 1 saturated heterocycles. The second-order valence-electron chi connectivity index (χ2n) is 4.12. The first-order valence-electron chi connectivity index (χ1n) is 5.76. The van der Waals surface area contributed by atoms with Crippen LogP contribution in [-0.2, 0) is 16.6 Å². The number of ether oxygens (including phenoxy) is 1. The Balaban J connectivity index is 2.33. The van der Waals surface area contributed by atoms with E-state index in [9.17, 15) is 9.59 Å². The average Bonchev–Trinajstić information content (AvgIpc) is 2.35. The van der Waals surface area contributed by atoms with Crippen LogP contribution in [0.15, 0.2) is 10.9 Å². The summed E-state index contributed by atoms with van der Waals surface area (Å²) in [6, 6.07) is 1.47. The summed E-state index contributed by atoms with van der Waals surface area (Å²) in [5.41, 5.74) is -0.199. The molecule has 1 aromatic heterocycles. The van der Waals surface area contributed by atoms with Crippen LogP contribution in [-0.4, -0.2) is 41.8 Å². The van der Waals surface area contributed by atoms with Crippen LogP contribution in [0.4, 0.5) is 11.8 Å². The van der Waals surface area contributed by atoms with Gasteiger partial charge in [-0.2, -0.15) is 4.98 Å². The van der Waals surface area contributed by atoms with Gasteiger partial charge in [0.25, 0.3) is 5.56 Å². The minimum absolute atomic E-state index is 0.199. The van der Waals surface area contributed by atoms with Crippen LogP contribution in [0, 0.1) is 0 Å². The van der Waals surface area contributed by atoms with Crippen LogP contribution in [0.3, 0.4) is 0 Å². The van der Waals surface area contributed by atoms with Crippen molar-refractivity contribution >= 4 is 17.7 Å². The molecule has 0 radical (unpaired) electrons. The van der Waals surface area contributed by atoms with E-state index in [0.29, 0.717) is 32.1 Å². The molecule has 0 bridgehead atoms. The highest BCUT2D eigenvalue weighted by Crippen LogP contribution is 2.12. The SMILES string of the molecule is CC(=O)Nc1nc(N2CCOCC2)cc(=O)n1C. The number of hydrogen-bond acceptors (Lipinski definition) is 5. The number of carbonyl (C=O) groups is 1. The predicted octanol–water partition coefficient (Wildman–Crippen LogP) is -0.425. The van der Waals surface area contributed by atoms with Crippen molar-refractivity contribution in [2.24, 2.45) is 7.05 Å². The Morgan fingerprint density at radius 1 is 1.44 bits per heavy atom. The zero-order chi connectivity index (χ0) is 13.1. The number of carbonyl (C=O) groups excluding carboxylic acids is 1. The van der Waals surface area contributed by atoms with Gasteiger partial charge >= 0.3 is 0 Å². The maximum absolute atomic E-state index is 11.8. The highest BCUT2D eigenvalue weighted by Gasteiger charge is 2.15. The summed E-state index contributed by atoms with van der Waals surface area (Å²) in [6.45, 7) is 4.01. The van der Waals surface area contributed by atoms with E-state index in [1.165, 1.54) is 17.6 Å². The maximum Gasteiger partial charge on any atom is 0.256 e. The molecule has 2 heterocycles. The Hall–Kier alpha value is -1.89. The van der Waals surface area contributed by atoms with Crippen LogP contribution in [0.5, 0.6) is 0 Å². The number of aromatic nitrogens is 2. The van der Waals surface area contributed by atoms with Crippen molar-refractivity contribution in [2.45, 2.75) is 6.92 Å². The second-order valence-corrected chi connectivity index (χ2v) is 4.12. The molecule has 18 heavy (non-hydrogen) atoms. The number of nitrogens with one attached hydrogen (secondary N) is 1. The smallest absolute Gasteiger partial charge is 0.256 e. The number of morpholine rings is 1. The van der Waals surface area contributed by atoms with Crippen LogP contribution in [0.1, 0.15) is 6.92 Å². The lowest BCUT2D eigenvalue weighted by Gasteiger charge is -2.28. The third-order valence-electron chi connectivity index (χ3n) is 2.74. The molecule has 98 valence electrons. The molecular formula is C11H16N4O3. The number of anilines is 2. The van der Waals surface area contributed by atoms with Gasteiger partial charge in [0.05, 0.1) is 13.2 Å². The van der Waals surface area contributed by atoms with E-state index >= 15 is 0 Å². The second kappa shape index (κ2) is 5.18. The minimum atomic E-state index is -0.253. The van der Waals surface area contributed by atoms with E-state index in [4.69, 9.17) is 4.74 Å². The molecule has 0 aromatic carbocycles. The van der Waals surface area contributed by atoms with Crippen LogP contribution in [0.25, 0.3) is 0 Å². The summed E-state index contributed by atoms with van der Waals surface area (Å²) in [5.74, 6) is 0.582. The highest BCUT2D eigenvalue weighted by molar-refractivity contribution is 5.86. The summed E-state index contributed by atoms with van der Waals surface area (Å²) < 4.78 is 6.56. The first-order chi connectivity index (χ1) is 8.58. The fourth-order valence-electron chi connectivity index (χ4n) is 1.75. The predicted molar refractivity (Wildman–Crippen MR) is 66.8 cm³/mol. The van der Waals surface area contributed by atoms with Gasteiger partial charge in [0, 0.05) is 33.1 Å². The van der Waals surface area contributed by atoms with Gasteiger partial charge in [0.15, 0.2) is 0 Å². The molecule has 1 N–H and O–H groups in total. The summed E-state index contributed by atoms with van der Waals surface area (Å²) in [6.07, 6.45) is 0. The van der Waals surface area contributed by atoms with Crippen LogP contribution in [0.2, 0.25) is 0 Å². The third-order valence-corrected chi connectivity index (χ3v) is 2.74. The first kappa shape index (κ1) is 12.6. The van der Waals surface area contributed by atoms with Crippen molar-refractivity contribution in [1.82, 2.24) is 9.55 Å². The summed E-state index contributed by atoms with van der Waals surface area (Å²) in [4.78, 5) is 29.1. The molecule has 1 amide bonds. The van der Waals surface area contributed by atoms with Crippen molar-refractivity contribution in [3.63, 3.8) is 0 Å². The van der Waals surface area contributed by atoms with Gasteiger partial charge in [-0.3, -0.25) is 19.5 Å². The van der Waals surface area contributed by atoms with Gasteiger partial charge in [0.1, 0.15) is 5.82 Å². The maximum atomic E-state index is 11.8. The molecule has 7 heteroatoms. The van der Waals surface area contributed by atoms with E-state index in [2.05, 4.69) is 10.3 Å². The van der Waals surface area contributed by atoms with Crippen molar-refractivity contribution in [1.29, 1.82) is 0 Å². The molecular weight excluding hydrogens is 236 g/mol. The first-order valence-corrected chi connectivity index (χ1v) is 5.76. The lowest BCUT2D eigenvalue weighted by molar-refractivity contribution is -0.114. The average molecular weight is 252 g/mol. The Morgan fingerprint density at radius 3 is 2.72 bits per heavy atom. The molecule has 7 nitrogen and oxygen atoms in total. The molecule has 0 saturated carbocycles. The molecule has 2 rings (SSSR count). The minimum Gasteiger partial charge on any atom is -0.378 e. The zero-order valence-corrected chi connectivity index (χ0v) is 10.5. The summed E-state index contributed by atoms with van der Waals surface area (Å²) in [7, 11) is 1.57. The number of rotatable bonds is 2. The molecule has 1 fully saturated rings. The normalized spacial score (nSPS) is 15.6. The van der Waals surface area contributed by atoms with E-state index in [-0.39, 0.29) is 17.4 Å². The van der Waals surface area contributed by atoms with E-state index in [1.807, 2.05) is 4.90 Å². The van der Waals surface area contributed by atoms with Gasteiger partial charge in [-0.1, -0.05) is 0 Å². The van der Waals surface area contributed by atoms with Crippen LogP contribution >= 0.6 is 0 Å². The van der Waals surface area contributed by atoms with Gasteiger partial charge in [-0.15, -0.1) is 0 Å². The van der Waals surface area contributed by atoms with Gasteiger partial charge in [-0.05, 0) is 0 Å². The van der Waals surface area contributed by atoms with Gasteiger partial charge in [0.2, 0.25) is 11.9 Å². The standard InChI is InChI=1S/C11H16N4O3/c1-8(16)12-11-13-9(7-10(17)14(11)2)15-3-5-18-6-4-15/h7H,3-6H2,1-2H3,(H,12,13,16). The fourth-order valence-corrected chi connectivity index (χ4v) is 1.75. The Labute approximate surface area is 104 Å². The van der Waals surface area contributed by atoms with Crippen molar-refractivity contribution < 1.29 is 9.53 Å². The Morgan fingerprint density at radius 2 is 2.11 bits per heavy atom. The molecule has 1 aliphatic rings. The van der Waals surface area contributed by atoms with Crippen LogP contribution < -0.4 is 15.8 Å². The molecule has 0 aliphatic carbocycles. The Bertz CT molecular complexity index is 506. The zero-order valence-electron chi connectivity index (χ0n) is 10.5. The molecule has 0 spiro atoms. The van der Waals surface area contributed by atoms with Crippen molar-refractivity contribution in [2.75, 3.05) is 36.5 Å². The van der Waals surface area contributed by atoms with Gasteiger partial charge in [-0.25, -0.2) is 0 Å². The third kappa shape index (κ3) is 2.67. The summed E-state index contributed by atoms with van der Waals surface area (Å²) in [5, 5.41) is 2.55. The fraction of sp³-hybridized carbons (Fsp3) is 0.545. The summed E-state index contributed by atoms with van der Waals surface area (Å²) >= 11 is 0. The highest BCUT2D eigenvalue weighted by atomic mass is 16.5. The molecule has 0 unspecified atom stereocenters. The molecule has 1 aromatic rings. The van der Waals surface area contributed by atoms with E-state index < -0.39 is 0 Å². The van der Waals surface area contributed by atoms with Crippen molar-refractivity contribution in [3.8, 4) is 0 Å². The largest absolute Gasteiger partial charge is 0.378 e. The Kier molecular flexibility index (Phi) is 3.61. The molecule has 0 atom stereocenters. The van der Waals surface area contributed by atoms with E-state index in [0.717, 1.165) is 0 Å². The number of amides is 1. The van der Waals surface area contributed by atoms with Crippen molar-refractivity contribution in [3.05, 3.63) is 16.4 Å².